The Morgan fingerprint density at radius 3 is 2.80 bits per heavy atom. The Balaban J connectivity index is 1.64. The second-order valence-corrected chi connectivity index (χ2v) is 7.44. The predicted octanol–water partition coefficient (Wildman–Crippen LogP) is 3.43. The molecular weight excluding hydrogens is 359 g/mol. The molecule has 0 aliphatic carbocycles. The summed E-state index contributed by atoms with van der Waals surface area (Å²) in [5, 5.41) is 10.7. The lowest BCUT2D eigenvalue weighted by Gasteiger charge is -2.15. The van der Waals surface area contributed by atoms with E-state index in [0.29, 0.717) is 23.1 Å². The van der Waals surface area contributed by atoms with Gasteiger partial charge >= 0.3 is 0 Å². The van der Waals surface area contributed by atoms with Gasteiger partial charge in [0.2, 0.25) is 5.91 Å². The van der Waals surface area contributed by atoms with Crippen molar-refractivity contribution in [1.29, 1.82) is 0 Å². The van der Waals surface area contributed by atoms with E-state index in [1.165, 1.54) is 17.8 Å². The minimum atomic E-state index is -0.346. The smallest absolute Gasteiger partial charge is 0.233 e. The molecule has 0 bridgehead atoms. The minimum absolute atomic E-state index is 0.00819. The second-order valence-electron chi connectivity index (χ2n) is 5.46. The lowest BCUT2D eigenvalue weighted by atomic mass is 10.2. The Bertz CT molecular complexity index is 863. The van der Waals surface area contributed by atoms with Crippen molar-refractivity contribution < 1.29 is 9.18 Å². The normalized spacial score (nSPS) is 10.8. The Hall–Kier alpha value is -2.19. The zero-order valence-electron chi connectivity index (χ0n) is 13.8. The fourth-order valence-corrected chi connectivity index (χ4v) is 3.89. The van der Waals surface area contributed by atoms with Gasteiger partial charge in [-0.25, -0.2) is 4.39 Å². The maximum absolute atomic E-state index is 13.9. The van der Waals surface area contributed by atoms with Crippen LogP contribution in [0, 0.1) is 5.82 Å². The molecule has 0 atom stereocenters. The standard InChI is InChI=1S/C17H17FN4OS2/c1-21(10-12-6-5-9-24-12)15(23)11-25-17-20-19-16(22(17)2)13-7-3-4-8-14(13)18/h3-9H,10-11H2,1-2H3. The summed E-state index contributed by atoms with van der Waals surface area (Å²) in [6.45, 7) is 0.594. The van der Waals surface area contributed by atoms with E-state index in [1.54, 1.807) is 53.1 Å². The first kappa shape index (κ1) is 17.6. The van der Waals surface area contributed by atoms with Crippen molar-refractivity contribution in [3.05, 3.63) is 52.5 Å². The molecule has 0 unspecified atom stereocenters. The highest BCUT2D eigenvalue weighted by atomic mass is 32.2. The van der Waals surface area contributed by atoms with Crippen molar-refractivity contribution in [2.24, 2.45) is 7.05 Å². The zero-order chi connectivity index (χ0) is 17.8. The highest BCUT2D eigenvalue weighted by molar-refractivity contribution is 7.99. The molecule has 0 aliphatic rings. The van der Waals surface area contributed by atoms with E-state index in [2.05, 4.69) is 10.2 Å². The number of aromatic nitrogens is 3. The summed E-state index contributed by atoms with van der Waals surface area (Å²) in [4.78, 5) is 15.1. The van der Waals surface area contributed by atoms with E-state index < -0.39 is 0 Å². The largest absolute Gasteiger partial charge is 0.340 e. The van der Waals surface area contributed by atoms with Gasteiger partial charge in [-0.05, 0) is 23.6 Å². The molecule has 0 spiro atoms. The van der Waals surface area contributed by atoms with Crippen LogP contribution in [0.3, 0.4) is 0 Å². The first-order valence-corrected chi connectivity index (χ1v) is 9.46. The Labute approximate surface area is 153 Å². The molecule has 130 valence electrons. The second kappa shape index (κ2) is 7.79. The number of amides is 1. The highest BCUT2D eigenvalue weighted by Gasteiger charge is 2.17. The maximum atomic E-state index is 13.9. The van der Waals surface area contributed by atoms with E-state index in [4.69, 9.17) is 0 Å². The number of thioether (sulfide) groups is 1. The van der Waals surface area contributed by atoms with Gasteiger partial charge in [0.05, 0.1) is 17.9 Å². The average molecular weight is 376 g/mol. The monoisotopic (exact) mass is 376 g/mol. The van der Waals surface area contributed by atoms with Crippen molar-refractivity contribution in [3.8, 4) is 11.4 Å². The van der Waals surface area contributed by atoms with E-state index in [9.17, 15) is 9.18 Å². The molecule has 1 amide bonds. The number of thiophene rings is 1. The Morgan fingerprint density at radius 2 is 2.08 bits per heavy atom. The van der Waals surface area contributed by atoms with Crippen LogP contribution in [-0.2, 0) is 18.4 Å². The van der Waals surface area contributed by atoms with E-state index in [1.807, 2.05) is 17.5 Å². The summed E-state index contributed by atoms with van der Waals surface area (Å²) < 4.78 is 15.6. The number of carbonyl (C=O) groups is 1. The molecule has 3 aromatic rings. The molecule has 25 heavy (non-hydrogen) atoms. The number of hydrogen-bond acceptors (Lipinski definition) is 5. The molecule has 1 aromatic carbocycles. The number of hydrogen-bond donors (Lipinski definition) is 0. The molecule has 0 radical (unpaired) electrons. The molecule has 0 fully saturated rings. The quantitative estimate of drug-likeness (QED) is 0.619. The van der Waals surface area contributed by atoms with Gasteiger partial charge in [0.15, 0.2) is 11.0 Å². The summed E-state index contributed by atoms with van der Waals surface area (Å²) in [6, 6.07) is 10.4. The van der Waals surface area contributed by atoms with Crippen LogP contribution in [0.15, 0.2) is 46.9 Å². The van der Waals surface area contributed by atoms with Gasteiger partial charge in [-0.2, -0.15) is 0 Å². The van der Waals surface area contributed by atoms with Crippen molar-refractivity contribution in [1.82, 2.24) is 19.7 Å². The number of halogens is 1. The summed E-state index contributed by atoms with van der Waals surface area (Å²) in [7, 11) is 3.55. The average Bonchev–Trinajstić information content (AvgIpc) is 3.23. The first-order valence-electron chi connectivity index (χ1n) is 7.59. The van der Waals surface area contributed by atoms with E-state index in [0.717, 1.165) is 4.88 Å². The van der Waals surface area contributed by atoms with Crippen LogP contribution in [0.5, 0.6) is 0 Å². The van der Waals surface area contributed by atoms with Crippen molar-refractivity contribution in [3.63, 3.8) is 0 Å². The number of carbonyl (C=O) groups excluding carboxylic acids is 1. The fourth-order valence-electron chi connectivity index (χ4n) is 2.28. The fraction of sp³-hybridized carbons (Fsp3) is 0.235. The minimum Gasteiger partial charge on any atom is -0.340 e. The van der Waals surface area contributed by atoms with Crippen LogP contribution in [0.25, 0.3) is 11.4 Å². The van der Waals surface area contributed by atoms with Gasteiger partial charge in [-0.15, -0.1) is 21.5 Å². The van der Waals surface area contributed by atoms with Gasteiger partial charge in [0.1, 0.15) is 5.82 Å². The number of benzene rings is 1. The SMILES string of the molecule is CN(Cc1cccs1)C(=O)CSc1nnc(-c2ccccc2F)n1C. The topological polar surface area (TPSA) is 51.0 Å². The van der Waals surface area contributed by atoms with Crippen molar-refractivity contribution in [2.75, 3.05) is 12.8 Å². The first-order chi connectivity index (χ1) is 12.1. The highest BCUT2D eigenvalue weighted by Crippen LogP contribution is 2.24. The summed E-state index contributed by atoms with van der Waals surface area (Å²) in [5.41, 5.74) is 0.394. The van der Waals surface area contributed by atoms with Crippen molar-refractivity contribution in [2.45, 2.75) is 11.7 Å². The van der Waals surface area contributed by atoms with Crippen LogP contribution in [0.1, 0.15) is 4.88 Å². The Morgan fingerprint density at radius 1 is 1.28 bits per heavy atom. The molecule has 5 nitrogen and oxygen atoms in total. The van der Waals surface area contributed by atoms with Crippen LogP contribution >= 0.6 is 23.1 Å². The third kappa shape index (κ3) is 4.08. The predicted molar refractivity (Wildman–Crippen MR) is 97.9 cm³/mol. The molecule has 0 N–H and O–H groups in total. The molecule has 0 saturated carbocycles. The molecule has 0 saturated heterocycles. The van der Waals surface area contributed by atoms with E-state index >= 15 is 0 Å². The summed E-state index contributed by atoms with van der Waals surface area (Å²) in [6.07, 6.45) is 0. The molecule has 2 aromatic heterocycles. The van der Waals surface area contributed by atoms with Gasteiger partial charge < -0.3 is 9.47 Å². The lowest BCUT2D eigenvalue weighted by molar-refractivity contribution is -0.127. The molecule has 3 rings (SSSR count). The van der Waals surface area contributed by atoms with Crippen LogP contribution in [0.2, 0.25) is 0 Å². The third-order valence-electron chi connectivity index (χ3n) is 3.67. The van der Waals surface area contributed by atoms with Crippen LogP contribution in [0.4, 0.5) is 4.39 Å². The molecule has 0 aliphatic heterocycles. The lowest BCUT2D eigenvalue weighted by Crippen LogP contribution is -2.27. The maximum Gasteiger partial charge on any atom is 0.233 e. The third-order valence-corrected chi connectivity index (χ3v) is 5.54. The number of rotatable bonds is 6. The van der Waals surface area contributed by atoms with E-state index in [-0.39, 0.29) is 17.5 Å². The zero-order valence-corrected chi connectivity index (χ0v) is 15.5. The summed E-state index contributed by atoms with van der Waals surface area (Å²) in [5.74, 6) is 0.362. The molecule has 8 heteroatoms. The Kier molecular flexibility index (Phi) is 5.50. The van der Waals surface area contributed by atoms with Gasteiger partial charge in [-0.1, -0.05) is 30.0 Å². The molecule has 2 heterocycles. The van der Waals surface area contributed by atoms with Gasteiger partial charge in [0.25, 0.3) is 0 Å². The van der Waals surface area contributed by atoms with Crippen molar-refractivity contribution >= 4 is 29.0 Å². The van der Waals surface area contributed by atoms with Crippen LogP contribution < -0.4 is 0 Å². The number of nitrogens with zero attached hydrogens (tertiary/aromatic N) is 4. The van der Waals surface area contributed by atoms with Gasteiger partial charge in [-0.3, -0.25) is 4.79 Å². The van der Waals surface area contributed by atoms with Crippen LogP contribution in [-0.4, -0.2) is 38.4 Å². The van der Waals surface area contributed by atoms with Gasteiger partial charge in [0, 0.05) is 19.0 Å². The summed E-state index contributed by atoms with van der Waals surface area (Å²) >= 11 is 2.92. The molecular formula is C17H17FN4OS2.